The molecule has 0 aromatic heterocycles. The number of unbranched alkanes of at least 4 members (excludes halogenated alkanes) is 1. The van der Waals surface area contributed by atoms with Crippen LogP contribution in [0.4, 0.5) is 0 Å². The minimum Gasteiger partial charge on any atom is -0.368 e. The third kappa shape index (κ3) is 10.5. The molecule has 0 radical (unpaired) electrons. The quantitative estimate of drug-likeness (QED) is 0.211. The molecule has 0 bridgehead atoms. The number of benzene rings is 1. The topological polar surface area (TPSA) is 109 Å². The molecule has 1 unspecified atom stereocenters. The summed E-state index contributed by atoms with van der Waals surface area (Å²) in [7, 11) is 1.76. The monoisotopic (exact) mass is 503 g/mol. The highest BCUT2D eigenvalue weighted by Crippen LogP contribution is 2.11. The van der Waals surface area contributed by atoms with Crippen LogP contribution >= 0.6 is 24.0 Å². The van der Waals surface area contributed by atoms with Crippen molar-refractivity contribution in [2.45, 2.75) is 46.1 Å². The minimum absolute atomic E-state index is 0. The molecule has 0 aliphatic rings. The van der Waals surface area contributed by atoms with E-state index >= 15 is 0 Å². The summed E-state index contributed by atoms with van der Waals surface area (Å²) >= 11 is 0. The van der Waals surface area contributed by atoms with Crippen molar-refractivity contribution < 1.29 is 9.59 Å². The number of primary amides is 1. The normalized spacial score (nSPS) is 11.9. The number of hydrogen-bond donors (Lipinski definition) is 4. The van der Waals surface area contributed by atoms with E-state index in [1.54, 1.807) is 19.2 Å². The highest BCUT2D eigenvalue weighted by Gasteiger charge is 2.08. The van der Waals surface area contributed by atoms with Gasteiger partial charge in [0.2, 0.25) is 5.91 Å². The van der Waals surface area contributed by atoms with Gasteiger partial charge in [0.05, 0.1) is 6.54 Å². The van der Waals surface area contributed by atoms with Crippen molar-refractivity contribution in [3.63, 3.8) is 0 Å². The van der Waals surface area contributed by atoms with Crippen LogP contribution in [-0.4, -0.2) is 37.9 Å². The summed E-state index contributed by atoms with van der Waals surface area (Å²) in [5.41, 5.74) is 6.54. The van der Waals surface area contributed by atoms with Crippen LogP contribution in [0.15, 0.2) is 29.3 Å². The van der Waals surface area contributed by atoms with Crippen molar-refractivity contribution in [3.8, 4) is 0 Å². The summed E-state index contributed by atoms with van der Waals surface area (Å²) in [5.74, 6) is 0.543. The van der Waals surface area contributed by atoms with Gasteiger partial charge in [0, 0.05) is 25.7 Å². The number of amides is 2. The first-order valence-corrected chi connectivity index (χ1v) is 9.60. The molecule has 5 N–H and O–H groups in total. The van der Waals surface area contributed by atoms with Crippen LogP contribution in [0.5, 0.6) is 0 Å². The van der Waals surface area contributed by atoms with E-state index in [4.69, 9.17) is 5.73 Å². The van der Waals surface area contributed by atoms with Gasteiger partial charge in [0.15, 0.2) is 5.96 Å². The zero-order valence-electron chi connectivity index (χ0n) is 17.1. The third-order valence-corrected chi connectivity index (χ3v) is 4.42. The summed E-state index contributed by atoms with van der Waals surface area (Å²) in [6.45, 7) is 5.79. The van der Waals surface area contributed by atoms with Gasteiger partial charge in [0.1, 0.15) is 0 Å². The maximum absolute atomic E-state index is 11.9. The smallest absolute Gasteiger partial charge is 0.251 e. The van der Waals surface area contributed by atoms with Crippen LogP contribution < -0.4 is 21.7 Å². The number of hydrogen-bond acceptors (Lipinski definition) is 3. The number of aliphatic imine (C=N–C) groups is 1. The van der Waals surface area contributed by atoms with Crippen molar-refractivity contribution in [1.29, 1.82) is 0 Å². The van der Waals surface area contributed by atoms with Gasteiger partial charge in [-0.2, -0.15) is 0 Å². The van der Waals surface area contributed by atoms with Gasteiger partial charge in [-0.15, -0.1) is 24.0 Å². The molecule has 0 spiro atoms. The maximum Gasteiger partial charge on any atom is 0.251 e. The lowest BCUT2D eigenvalue weighted by atomic mass is 9.99. The van der Waals surface area contributed by atoms with Gasteiger partial charge in [-0.1, -0.05) is 45.2 Å². The molecule has 1 aromatic carbocycles. The number of nitrogens with one attached hydrogen (secondary N) is 3. The van der Waals surface area contributed by atoms with Gasteiger partial charge in [0.25, 0.3) is 5.91 Å². The third-order valence-electron chi connectivity index (χ3n) is 4.42. The Hall–Kier alpha value is -1.84. The molecule has 0 aliphatic carbocycles. The molecule has 0 saturated carbocycles. The van der Waals surface area contributed by atoms with E-state index in [0.29, 0.717) is 18.0 Å². The average Bonchev–Trinajstić information content (AvgIpc) is 2.68. The Bertz CT molecular complexity index is 620. The van der Waals surface area contributed by atoms with Gasteiger partial charge in [-0.05, 0) is 30.0 Å². The Labute approximate surface area is 185 Å². The molecular weight excluding hydrogens is 469 g/mol. The standard InChI is InChI=1S/C20H33N5O2.HI/c1-4-6-7-15(5-2)12-24-20(22-3)25-13-16-8-10-17(11-9-16)19(27)23-14-18(21)26;/h8-11,15H,4-7,12-14H2,1-3H3,(H2,21,26)(H,23,27)(H2,22,24,25);1H. The fraction of sp³-hybridized carbons (Fsp3) is 0.550. The number of nitrogens with zero attached hydrogens (tertiary/aromatic N) is 1. The predicted octanol–water partition coefficient (Wildman–Crippen LogP) is 2.40. The Morgan fingerprint density at radius 2 is 1.79 bits per heavy atom. The predicted molar refractivity (Wildman–Crippen MR) is 125 cm³/mol. The number of carbonyl (C=O) groups is 2. The Kier molecular flexibility index (Phi) is 14.1. The number of guanidine groups is 1. The number of rotatable bonds is 11. The molecule has 8 heteroatoms. The first-order valence-electron chi connectivity index (χ1n) is 9.60. The SMILES string of the molecule is CCCCC(CC)CNC(=NC)NCc1ccc(C(=O)NCC(N)=O)cc1.I. The van der Waals surface area contributed by atoms with Crippen LogP contribution in [0.2, 0.25) is 0 Å². The first kappa shape index (κ1) is 26.2. The molecular formula is C20H34IN5O2. The summed E-state index contributed by atoms with van der Waals surface area (Å²) < 4.78 is 0. The second kappa shape index (κ2) is 15.1. The summed E-state index contributed by atoms with van der Waals surface area (Å²) in [4.78, 5) is 26.8. The highest BCUT2D eigenvalue weighted by atomic mass is 127. The van der Waals surface area contributed by atoms with Gasteiger partial charge in [-0.3, -0.25) is 14.6 Å². The largest absolute Gasteiger partial charge is 0.368 e. The lowest BCUT2D eigenvalue weighted by molar-refractivity contribution is -0.117. The molecule has 1 atom stereocenters. The summed E-state index contributed by atoms with van der Waals surface area (Å²) in [6.07, 6.45) is 4.87. The molecule has 0 fully saturated rings. The molecule has 1 aromatic rings. The van der Waals surface area contributed by atoms with Crippen LogP contribution in [-0.2, 0) is 11.3 Å². The second-order valence-corrected chi connectivity index (χ2v) is 6.57. The van der Waals surface area contributed by atoms with E-state index in [-0.39, 0.29) is 36.4 Å². The van der Waals surface area contributed by atoms with Crippen molar-refractivity contribution >= 4 is 41.8 Å². The second-order valence-electron chi connectivity index (χ2n) is 6.57. The lowest BCUT2D eigenvalue weighted by Crippen LogP contribution is -2.39. The van der Waals surface area contributed by atoms with Crippen LogP contribution in [0.1, 0.15) is 55.5 Å². The van der Waals surface area contributed by atoms with Crippen LogP contribution in [0.25, 0.3) is 0 Å². The summed E-state index contributed by atoms with van der Waals surface area (Å²) in [5, 5.41) is 9.14. The van der Waals surface area contributed by atoms with Gasteiger partial charge in [-0.25, -0.2) is 0 Å². The summed E-state index contributed by atoms with van der Waals surface area (Å²) in [6, 6.07) is 7.19. The Morgan fingerprint density at radius 1 is 1.11 bits per heavy atom. The lowest BCUT2D eigenvalue weighted by Gasteiger charge is -2.18. The Balaban J connectivity index is 0.00000729. The van der Waals surface area contributed by atoms with E-state index in [2.05, 4.69) is 34.8 Å². The molecule has 2 amide bonds. The van der Waals surface area contributed by atoms with E-state index in [0.717, 1.165) is 24.5 Å². The van der Waals surface area contributed by atoms with Crippen molar-refractivity contribution in [3.05, 3.63) is 35.4 Å². The number of nitrogens with two attached hydrogens (primary N) is 1. The first-order chi connectivity index (χ1) is 13.0. The van der Waals surface area contributed by atoms with Crippen molar-refractivity contribution in [2.24, 2.45) is 16.6 Å². The molecule has 0 saturated heterocycles. The molecule has 0 aliphatic heterocycles. The average molecular weight is 503 g/mol. The fourth-order valence-electron chi connectivity index (χ4n) is 2.63. The van der Waals surface area contributed by atoms with Crippen molar-refractivity contribution in [2.75, 3.05) is 20.1 Å². The highest BCUT2D eigenvalue weighted by molar-refractivity contribution is 14.0. The zero-order valence-corrected chi connectivity index (χ0v) is 19.4. The van der Waals surface area contributed by atoms with Crippen molar-refractivity contribution in [1.82, 2.24) is 16.0 Å². The van der Waals surface area contributed by atoms with Crippen LogP contribution in [0, 0.1) is 5.92 Å². The van der Waals surface area contributed by atoms with E-state index in [1.165, 1.54) is 19.3 Å². The van der Waals surface area contributed by atoms with E-state index in [1.807, 2.05) is 12.1 Å². The number of halogens is 1. The molecule has 0 heterocycles. The van der Waals surface area contributed by atoms with E-state index in [9.17, 15) is 9.59 Å². The minimum atomic E-state index is -0.567. The Morgan fingerprint density at radius 3 is 2.32 bits per heavy atom. The fourth-order valence-corrected chi connectivity index (χ4v) is 2.63. The van der Waals surface area contributed by atoms with Gasteiger partial charge < -0.3 is 21.7 Å². The molecule has 28 heavy (non-hydrogen) atoms. The number of carbonyl (C=O) groups excluding carboxylic acids is 2. The van der Waals surface area contributed by atoms with E-state index < -0.39 is 5.91 Å². The molecule has 1 rings (SSSR count). The van der Waals surface area contributed by atoms with Crippen LogP contribution in [0.3, 0.4) is 0 Å². The maximum atomic E-state index is 11.9. The molecule has 158 valence electrons. The zero-order chi connectivity index (χ0) is 20.1. The van der Waals surface area contributed by atoms with Gasteiger partial charge >= 0.3 is 0 Å². The molecule has 7 nitrogen and oxygen atoms in total.